The Morgan fingerprint density at radius 3 is 2.81 bits per heavy atom. The smallest absolute Gasteiger partial charge is 0.338 e. The lowest BCUT2D eigenvalue weighted by molar-refractivity contribution is -0.138. The number of rotatable bonds is 7. The first-order valence-corrected chi connectivity index (χ1v) is 9.51. The molecule has 0 radical (unpaired) electrons. The average molecular weight is 401 g/mol. The maximum atomic E-state index is 12.6. The largest absolute Gasteiger partial charge is 0.503 e. The Hall–Kier alpha value is -2.06. The highest BCUT2D eigenvalue weighted by Crippen LogP contribution is 2.39. The average Bonchev–Trinajstić information content (AvgIpc) is 2.60. The van der Waals surface area contributed by atoms with E-state index in [2.05, 4.69) is 10.6 Å². The number of esters is 1. The number of hydrogen-bond donors (Lipinski definition) is 3. The zero-order valence-electron chi connectivity index (χ0n) is 14.7. The van der Waals surface area contributed by atoms with E-state index in [0.717, 1.165) is 5.75 Å². The maximum absolute atomic E-state index is 12.6. The van der Waals surface area contributed by atoms with E-state index in [1.807, 2.05) is 6.92 Å². The van der Waals surface area contributed by atoms with Crippen LogP contribution in [0, 0.1) is 0 Å². The Morgan fingerprint density at radius 1 is 1.42 bits per heavy atom. The van der Waals surface area contributed by atoms with Crippen molar-refractivity contribution in [3.63, 3.8) is 0 Å². The minimum Gasteiger partial charge on any atom is -0.503 e. The van der Waals surface area contributed by atoms with Crippen LogP contribution in [0.1, 0.15) is 25.5 Å². The van der Waals surface area contributed by atoms with Crippen LogP contribution in [0.4, 0.5) is 4.79 Å². The lowest BCUT2D eigenvalue weighted by Gasteiger charge is -2.28. The highest BCUT2D eigenvalue weighted by molar-refractivity contribution is 7.99. The molecule has 1 heterocycles. The minimum absolute atomic E-state index is 0.0526. The summed E-state index contributed by atoms with van der Waals surface area (Å²) < 4.78 is 10.4. The Kier molecular flexibility index (Phi) is 7.05. The summed E-state index contributed by atoms with van der Waals surface area (Å²) in [5.41, 5.74) is 1.17. The number of phenolic OH excluding ortho intramolecular Hbond substituents is 1. The Labute approximate surface area is 161 Å². The fourth-order valence-electron chi connectivity index (χ4n) is 2.55. The van der Waals surface area contributed by atoms with E-state index in [4.69, 9.17) is 21.1 Å². The molecule has 0 aromatic heterocycles. The molecule has 0 spiro atoms. The number of aromatic hydroxyl groups is 1. The Morgan fingerprint density at radius 2 is 2.15 bits per heavy atom. The maximum Gasteiger partial charge on any atom is 0.338 e. The normalized spacial score (nSPS) is 16.8. The second-order valence-corrected chi connectivity index (χ2v) is 7.26. The monoisotopic (exact) mass is 400 g/mol. The Bertz CT molecular complexity index is 738. The van der Waals surface area contributed by atoms with Crippen LogP contribution < -0.4 is 15.4 Å². The van der Waals surface area contributed by atoms with Crippen molar-refractivity contribution >= 4 is 35.4 Å². The molecule has 1 aliphatic heterocycles. The van der Waals surface area contributed by atoms with Crippen molar-refractivity contribution < 1.29 is 24.2 Å². The van der Waals surface area contributed by atoms with Crippen LogP contribution >= 0.6 is 23.4 Å². The number of ether oxygens (including phenoxy) is 2. The number of allylic oxidation sites excluding steroid dienone is 1. The SMILES string of the molecule is CCSCCOC(=O)C1=C(C)NC(=O)N[C@@H]1c1cc(Cl)c(O)c(OC)c1. The van der Waals surface area contributed by atoms with E-state index in [9.17, 15) is 14.7 Å². The first kappa shape index (κ1) is 20.3. The number of carbonyl (C=O) groups is 2. The van der Waals surface area contributed by atoms with Gasteiger partial charge in [-0.2, -0.15) is 11.8 Å². The molecule has 0 saturated carbocycles. The summed E-state index contributed by atoms with van der Waals surface area (Å²) >= 11 is 7.71. The van der Waals surface area contributed by atoms with Crippen LogP contribution in [-0.2, 0) is 9.53 Å². The summed E-state index contributed by atoms with van der Waals surface area (Å²) in [5, 5.41) is 15.2. The van der Waals surface area contributed by atoms with E-state index >= 15 is 0 Å². The molecule has 0 fully saturated rings. The summed E-state index contributed by atoms with van der Waals surface area (Å²) in [6.45, 7) is 3.93. The molecule has 0 aliphatic carbocycles. The number of methoxy groups -OCH3 is 1. The van der Waals surface area contributed by atoms with Gasteiger partial charge in [-0.1, -0.05) is 18.5 Å². The lowest BCUT2D eigenvalue weighted by atomic mass is 9.95. The van der Waals surface area contributed by atoms with Gasteiger partial charge in [0.15, 0.2) is 11.5 Å². The molecular formula is C17H21ClN2O5S. The van der Waals surface area contributed by atoms with Crippen LogP contribution in [0.5, 0.6) is 11.5 Å². The quantitative estimate of drug-likeness (QED) is 0.481. The molecule has 1 aromatic rings. The van der Waals surface area contributed by atoms with Gasteiger partial charge in [0, 0.05) is 11.4 Å². The lowest BCUT2D eigenvalue weighted by Crippen LogP contribution is -2.45. The van der Waals surface area contributed by atoms with Crippen molar-refractivity contribution in [3.05, 3.63) is 34.0 Å². The second kappa shape index (κ2) is 9.05. The molecule has 26 heavy (non-hydrogen) atoms. The van der Waals surface area contributed by atoms with Gasteiger partial charge >= 0.3 is 12.0 Å². The molecule has 2 rings (SSSR count). The van der Waals surface area contributed by atoms with Crippen LogP contribution in [0.2, 0.25) is 5.02 Å². The van der Waals surface area contributed by atoms with Gasteiger partial charge < -0.3 is 25.2 Å². The van der Waals surface area contributed by atoms with Crippen LogP contribution in [-0.4, -0.2) is 42.3 Å². The van der Waals surface area contributed by atoms with Crippen LogP contribution in [0.25, 0.3) is 0 Å². The zero-order valence-corrected chi connectivity index (χ0v) is 16.3. The number of thioether (sulfide) groups is 1. The van der Waals surface area contributed by atoms with Gasteiger partial charge in [0.25, 0.3) is 0 Å². The van der Waals surface area contributed by atoms with E-state index in [1.165, 1.54) is 19.2 Å². The molecule has 7 nitrogen and oxygen atoms in total. The van der Waals surface area contributed by atoms with Crippen molar-refractivity contribution in [3.8, 4) is 11.5 Å². The van der Waals surface area contributed by atoms with Crippen molar-refractivity contribution in [1.82, 2.24) is 10.6 Å². The van der Waals surface area contributed by atoms with E-state index in [-0.39, 0.29) is 28.7 Å². The van der Waals surface area contributed by atoms with Crippen molar-refractivity contribution in [1.29, 1.82) is 0 Å². The summed E-state index contributed by atoms with van der Waals surface area (Å²) in [6.07, 6.45) is 0. The molecule has 2 amide bonds. The fraction of sp³-hybridized carbons (Fsp3) is 0.412. The van der Waals surface area contributed by atoms with Crippen LogP contribution in [0.15, 0.2) is 23.4 Å². The fourth-order valence-corrected chi connectivity index (χ4v) is 3.25. The first-order valence-electron chi connectivity index (χ1n) is 7.98. The number of phenols is 1. The van der Waals surface area contributed by atoms with Gasteiger partial charge in [0.1, 0.15) is 6.61 Å². The molecule has 0 saturated heterocycles. The predicted octanol–water partition coefficient (Wildman–Crippen LogP) is 2.98. The van der Waals surface area contributed by atoms with Gasteiger partial charge in [-0.15, -0.1) is 0 Å². The van der Waals surface area contributed by atoms with Crippen molar-refractivity contribution in [2.24, 2.45) is 0 Å². The molecule has 1 aromatic carbocycles. The van der Waals surface area contributed by atoms with Gasteiger partial charge in [0.05, 0.1) is 23.7 Å². The number of carbonyl (C=O) groups excluding carboxylic acids is 2. The standard InChI is InChI=1S/C17H21ClN2O5S/c1-4-26-6-5-25-16(22)13-9(2)19-17(23)20-14(13)10-7-11(18)15(21)12(8-10)24-3/h7-8,14,21H,4-6H2,1-3H3,(H2,19,20,23)/t14-/m1/s1. The molecular weight excluding hydrogens is 380 g/mol. The van der Waals surface area contributed by atoms with Gasteiger partial charge in [-0.05, 0) is 30.4 Å². The van der Waals surface area contributed by atoms with E-state index in [1.54, 1.807) is 18.7 Å². The molecule has 0 bridgehead atoms. The number of benzene rings is 1. The molecule has 1 atom stereocenters. The van der Waals surface area contributed by atoms with E-state index < -0.39 is 18.0 Å². The van der Waals surface area contributed by atoms with Gasteiger partial charge in [-0.3, -0.25) is 0 Å². The molecule has 1 aliphatic rings. The molecule has 3 N–H and O–H groups in total. The second-order valence-electron chi connectivity index (χ2n) is 5.46. The highest BCUT2D eigenvalue weighted by atomic mass is 35.5. The summed E-state index contributed by atoms with van der Waals surface area (Å²) in [6, 6.07) is 1.77. The zero-order chi connectivity index (χ0) is 19.3. The topological polar surface area (TPSA) is 96.9 Å². The summed E-state index contributed by atoms with van der Waals surface area (Å²) in [4.78, 5) is 24.5. The molecule has 0 unspecified atom stereocenters. The number of urea groups is 1. The third-order valence-electron chi connectivity index (χ3n) is 3.76. The van der Waals surface area contributed by atoms with Gasteiger partial charge in [-0.25, -0.2) is 9.59 Å². The number of amides is 2. The van der Waals surface area contributed by atoms with Crippen LogP contribution in [0.3, 0.4) is 0 Å². The van der Waals surface area contributed by atoms with Crippen molar-refractivity contribution in [2.75, 3.05) is 25.2 Å². The molecule has 142 valence electrons. The van der Waals surface area contributed by atoms with Gasteiger partial charge in [0.2, 0.25) is 0 Å². The third-order valence-corrected chi connectivity index (χ3v) is 4.91. The highest BCUT2D eigenvalue weighted by Gasteiger charge is 2.33. The summed E-state index contributed by atoms with van der Waals surface area (Å²) in [7, 11) is 1.39. The molecule has 9 heteroatoms. The summed E-state index contributed by atoms with van der Waals surface area (Å²) in [5.74, 6) is 1.04. The minimum atomic E-state index is -0.776. The number of halogens is 1. The predicted molar refractivity (Wildman–Crippen MR) is 101 cm³/mol. The van der Waals surface area contributed by atoms with Crippen molar-refractivity contribution in [2.45, 2.75) is 19.9 Å². The Balaban J connectivity index is 2.35. The number of nitrogens with one attached hydrogen (secondary N) is 2. The first-order chi connectivity index (χ1) is 12.4. The van der Waals surface area contributed by atoms with E-state index in [0.29, 0.717) is 17.0 Å². The third kappa shape index (κ3) is 4.56. The number of hydrogen-bond acceptors (Lipinski definition) is 6.